The number of carbonyl (C=O) groups is 2. The first-order chi connectivity index (χ1) is 9.49. The summed E-state index contributed by atoms with van der Waals surface area (Å²) in [5.74, 6) is -0.961. The quantitative estimate of drug-likeness (QED) is 0.792. The standard InChI is InChI=1S/C14H12BrN3O2/c1-8-6-9(17(2)16-8)7-18-11-5-3-4-10(15)12(11)13(19)14(18)20/h3-6H,7H2,1-2H3. The lowest BCUT2D eigenvalue weighted by Gasteiger charge is -2.16. The van der Waals surface area contributed by atoms with E-state index in [1.54, 1.807) is 16.8 Å². The maximum Gasteiger partial charge on any atom is 0.299 e. The third-order valence-electron chi connectivity index (χ3n) is 3.37. The molecule has 0 spiro atoms. The molecule has 0 bridgehead atoms. The summed E-state index contributed by atoms with van der Waals surface area (Å²) in [7, 11) is 1.83. The van der Waals surface area contributed by atoms with Gasteiger partial charge in [-0.2, -0.15) is 5.10 Å². The summed E-state index contributed by atoms with van der Waals surface area (Å²) in [6.45, 7) is 2.23. The molecule has 2 aromatic rings. The van der Waals surface area contributed by atoms with E-state index >= 15 is 0 Å². The van der Waals surface area contributed by atoms with Crippen LogP contribution in [0.5, 0.6) is 0 Å². The van der Waals surface area contributed by atoms with Gasteiger partial charge < -0.3 is 0 Å². The zero-order valence-electron chi connectivity index (χ0n) is 11.1. The Morgan fingerprint density at radius 1 is 1.30 bits per heavy atom. The highest BCUT2D eigenvalue weighted by atomic mass is 79.9. The molecule has 3 rings (SSSR count). The van der Waals surface area contributed by atoms with Gasteiger partial charge in [-0.1, -0.05) is 6.07 Å². The number of carbonyl (C=O) groups excluding carboxylic acids is 2. The van der Waals surface area contributed by atoms with Crippen LogP contribution in [0.25, 0.3) is 0 Å². The van der Waals surface area contributed by atoms with Crippen LogP contribution in [-0.4, -0.2) is 21.5 Å². The summed E-state index contributed by atoms with van der Waals surface area (Å²) in [6.07, 6.45) is 0. The first-order valence-corrected chi connectivity index (χ1v) is 6.92. The van der Waals surface area contributed by atoms with Gasteiger partial charge in [-0.05, 0) is 41.1 Å². The SMILES string of the molecule is Cc1cc(CN2C(=O)C(=O)c3c(Br)cccc32)n(C)n1. The summed E-state index contributed by atoms with van der Waals surface area (Å²) in [4.78, 5) is 25.7. The van der Waals surface area contributed by atoms with Crippen molar-refractivity contribution in [2.45, 2.75) is 13.5 Å². The molecule has 20 heavy (non-hydrogen) atoms. The van der Waals surface area contributed by atoms with Crippen LogP contribution < -0.4 is 4.90 Å². The maximum absolute atomic E-state index is 12.2. The van der Waals surface area contributed by atoms with E-state index in [-0.39, 0.29) is 0 Å². The predicted octanol–water partition coefficient (Wildman–Crippen LogP) is 2.22. The molecule has 0 radical (unpaired) electrons. The highest BCUT2D eigenvalue weighted by Crippen LogP contribution is 2.35. The fraction of sp³-hybridized carbons (Fsp3) is 0.214. The van der Waals surface area contributed by atoms with Crippen LogP contribution in [-0.2, 0) is 18.4 Å². The largest absolute Gasteiger partial charge is 0.299 e. The third kappa shape index (κ3) is 1.87. The third-order valence-corrected chi connectivity index (χ3v) is 4.03. The Morgan fingerprint density at radius 3 is 2.70 bits per heavy atom. The molecule has 1 amide bonds. The second-order valence-corrected chi connectivity index (χ2v) is 5.61. The lowest BCUT2D eigenvalue weighted by Crippen LogP contribution is -2.30. The average molecular weight is 334 g/mol. The van der Waals surface area contributed by atoms with Crippen molar-refractivity contribution in [1.29, 1.82) is 0 Å². The molecule has 102 valence electrons. The number of rotatable bonds is 2. The Bertz CT molecular complexity index is 736. The van der Waals surface area contributed by atoms with Crippen LogP contribution in [0.3, 0.4) is 0 Å². The van der Waals surface area contributed by atoms with Crippen LogP contribution in [0.15, 0.2) is 28.7 Å². The van der Waals surface area contributed by atoms with Gasteiger partial charge in [0.05, 0.1) is 29.2 Å². The van der Waals surface area contributed by atoms with Gasteiger partial charge in [0.25, 0.3) is 11.7 Å². The minimum absolute atomic E-state index is 0.339. The first kappa shape index (κ1) is 13.1. The minimum Gasteiger partial charge on any atom is -0.299 e. The number of anilines is 1. The molecule has 0 atom stereocenters. The molecule has 0 saturated heterocycles. The summed E-state index contributed by atoms with van der Waals surface area (Å²) in [6, 6.07) is 7.28. The number of fused-ring (bicyclic) bond motifs is 1. The predicted molar refractivity (Wildman–Crippen MR) is 77.6 cm³/mol. The second-order valence-electron chi connectivity index (χ2n) is 4.76. The smallest absolute Gasteiger partial charge is 0.299 e. The van der Waals surface area contributed by atoms with E-state index in [4.69, 9.17) is 0 Å². The average Bonchev–Trinajstić information content (AvgIpc) is 2.83. The summed E-state index contributed by atoms with van der Waals surface area (Å²) in [5, 5.41) is 4.26. The van der Waals surface area contributed by atoms with E-state index in [1.807, 2.05) is 26.1 Å². The number of amides is 1. The molecule has 0 N–H and O–H groups in total. The Hall–Kier alpha value is -1.95. The van der Waals surface area contributed by atoms with E-state index in [1.165, 1.54) is 4.90 Å². The monoisotopic (exact) mass is 333 g/mol. The zero-order valence-corrected chi connectivity index (χ0v) is 12.6. The molecule has 1 aliphatic rings. The van der Waals surface area contributed by atoms with Crippen molar-refractivity contribution >= 4 is 33.3 Å². The number of ketones is 1. The van der Waals surface area contributed by atoms with Crippen LogP contribution in [0.2, 0.25) is 0 Å². The topological polar surface area (TPSA) is 55.2 Å². The lowest BCUT2D eigenvalue weighted by molar-refractivity contribution is -0.114. The van der Waals surface area contributed by atoms with Gasteiger partial charge in [0.1, 0.15) is 0 Å². The molecule has 0 unspecified atom stereocenters. The van der Waals surface area contributed by atoms with Gasteiger partial charge in [-0.15, -0.1) is 0 Å². The minimum atomic E-state index is -0.495. The van der Waals surface area contributed by atoms with Crippen molar-refractivity contribution < 1.29 is 9.59 Å². The normalized spacial score (nSPS) is 14.1. The lowest BCUT2D eigenvalue weighted by atomic mass is 10.1. The molecular weight excluding hydrogens is 322 g/mol. The van der Waals surface area contributed by atoms with E-state index in [2.05, 4.69) is 21.0 Å². The van der Waals surface area contributed by atoms with Crippen molar-refractivity contribution in [1.82, 2.24) is 9.78 Å². The summed E-state index contributed by atoms with van der Waals surface area (Å²) >= 11 is 3.33. The van der Waals surface area contributed by atoms with Gasteiger partial charge >= 0.3 is 0 Å². The molecule has 0 saturated carbocycles. The Kier molecular flexibility index (Phi) is 2.97. The Balaban J connectivity index is 2.04. The molecule has 1 aromatic heterocycles. The van der Waals surface area contributed by atoms with E-state index in [0.29, 0.717) is 22.3 Å². The van der Waals surface area contributed by atoms with Gasteiger partial charge in [0.15, 0.2) is 0 Å². The second kappa shape index (κ2) is 4.56. The number of nitrogens with zero attached hydrogens (tertiary/aromatic N) is 3. The fourth-order valence-corrected chi connectivity index (χ4v) is 2.97. The van der Waals surface area contributed by atoms with Gasteiger partial charge in [0.2, 0.25) is 0 Å². The number of aromatic nitrogens is 2. The molecule has 1 aliphatic heterocycles. The van der Waals surface area contributed by atoms with Crippen molar-refractivity contribution in [2.24, 2.45) is 7.05 Å². The van der Waals surface area contributed by atoms with Crippen LogP contribution in [0, 0.1) is 6.92 Å². The van der Waals surface area contributed by atoms with Crippen molar-refractivity contribution in [2.75, 3.05) is 4.90 Å². The summed E-state index contributed by atoms with van der Waals surface area (Å²) < 4.78 is 2.38. The molecule has 5 nitrogen and oxygen atoms in total. The number of hydrogen-bond donors (Lipinski definition) is 0. The van der Waals surface area contributed by atoms with Crippen LogP contribution in [0.4, 0.5) is 5.69 Å². The molecule has 2 heterocycles. The van der Waals surface area contributed by atoms with Crippen LogP contribution in [0.1, 0.15) is 21.7 Å². The molecule has 0 aliphatic carbocycles. The number of halogens is 1. The van der Waals surface area contributed by atoms with Gasteiger partial charge in [-0.25, -0.2) is 0 Å². The number of benzene rings is 1. The van der Waals surface area contributed by atoms with Crippen molar-refractivity contribution in [3.8, 4) is 0 Å². The molecule has 0 fully saturated rings. The van der Waals surface area contributed by atoms with E-state index in [0.717, 1.165) is 11.4 Å². The van der Waals surface area contributed by atoms with Gasteiger partial charge in [-0.3, -0.25) is 19.2 Å². The first-order valence-electron chi connectivity index (χ1n) is 6.13. The number of aryl methyl sites for hydroxylation is 2. The molecule has 1 aromatic carbocycles. The number of Topliss-reactive ketones (excluding diaryl/α,β-unsaturated/α-hetero) is 1. The Morgan fingerprint density at radius 2 is 2.05 bits per heavy atom. The Labute approximate surface area is 124 Å². The fourth-order valence-electron chi connectivity index (χ4n) is 2.43. The van der Waals surface area contributed by atoms with Crippen LogP contribution >= 0.6 is 15.9 Å². The number of hydrogen-bond acceptors (Lipinski definition) is 3. The highest BCUT2D eigenvalue weighted by molar-refractivity contribution is 9.10. The van der Waals surface area contributed by atoms with Gasteiger partial charge in [0, 0.05) is 11.5 Å². The summed E-state index contributed by atoms with van der Waals surface area (Å²) in [5.41, 5.74) is 2.86. The van der Waals surface area contributed by atoms with Crippen molar-refractivity contribution in [3.63, 3.8) is 0 Å². The zero-order chi connectivity index (χ0) is 14.4. The van der Waals surface area contributed by atoms with Crippen molar-refractivity contribution in [3.05, 3.63) is 45.7 Å². The molecular formula is C14H12BrN3O2. The molecule has 6 heteroatoms. The maximum atomic E-state index is 12.2. The van der Waals surface area contributed by atoms with E-state index < -0.39 is 11.7 Å². The van der Waals surface area contributed by atoms with E-state index in [9.17, 15) is 9.59 Å². The highest BCUT2D eigenvalue weighted by Gasteiger charge is 2.37.